The zero-order valence-electron chi connectivity index (χ0n) is 14.2. The highest BCUT2D eigenvalue weighted by Gasteiger charge is 2.31. The molecule has 0 saturated carbocycles. The van der Waals surface area contributed by atoms with E-state index in [0.29, 0.717) is 6.54 Å². The van der Waals surface area contributed by atoms with E-state index in [1.165, 1.54) is 0 Å². The molecule has 128 valence electrons. The molecular weight excluding hydrogens is 304 g/mol. The number of benzene rings is 1. The van der Waals surface area contributed by atoms with Crippen LogP contribution in [-0.2, 0) is 4.79 Å². The average molecular weight is 328 g/mol. The van der Waals surface area contributed by atoms with Crippen LogP contribution in [0.25, 0.3) is 11.3 Å². The number of rotatable bonds is 6. The average Bonchev–Trinajstić information content (AvgIpc) is 3.20. The van der Waals surface area contributed by atoms with Crippen molar-refractivity contribution in [2.75, 3.05) is 13.1 Å². The second kappa shape index (κ2) is 7.18. The lowest BCUT2D eigenvalue weighted by atomic mass is 10.0. The maximum absolute atomic E-state index is 10.9. The van der Waals surface area contributed by atoms with E-state index in [1.54, 1.807) is 0 Å². The smallest absolute Gasteiger partial charge is 0.304 e. The molecule has 0 radical (unpaired) electrons. The molecule has 0 bridgehead atoms. The third-order valence-corrected chi connectivity index (χ3v) is 4.50. The monoisotopic (exact) mass is 328 g/mol. The van der Waals surface area contributed by atoms with Crippen LogP contribution in [0.2, 0.25) is 0 Å². The summed E-state index contributed by atoms with van der Waals surface area (Å²) in [5.41, 5.74) is 1.97. The number of oxazole rings is 1. The lowest BCUT2D eigenvalue weighted by Crippen LogP contribution is -2.26. The minimum absolute atomic E-state index is 0.0827. The van der Waals surface area contributed by atoms with Crippen molar-refractivity contribution in [3.8, 4) is 11.3 Å². The Morgan fingerprint density at radius 3 is 2.79 bits per heavy atom. The lowest BCUT2D eigenvalue weighted by Gasteiger charge is -2.20. The van der Waals surface area contributed by atoms with Gasteiger partial charge in [0.05, 0.1) is 12.5 Å². The maximum Gasteiger partial charge on any atom is 0.304 e. The molecule has 3 rings (SSSR count). The molecule has 1 N–H and O–H groups in total. The molecule has 0 aliphatic carbocycles. The largest absolute Gasteiger partial charge is 0.481 e. The van der Waals surface area contributed by atoms with E-state index in [4.69, 9.17) is 14.5 Å². The number of hydrogen-bond acceptors (Lipinski definition) is 4. The fourth-order valence-corrected chi connectivity index (χ4v) is 3.30. The van der Waals surface area contributed by atoms with Crippen molar-refractivity contribution in [2.24, 2.45) is 0 Å². The number of carboxylic acid groups (broad SMARTS) is 1. The fourth-order valence-electron chi connectivity index (χ4n) is 3.30. The molecule has 24 heavy (non-hydrogen) atoms. The first-order valence-corrected chi connectivity index (χ1v) is 8.58. The first-order chi connectivity index (χ1) is 11.6. The molecule has 2 aromatic rings. The van der Waals surface area contributed by atoms with Crippen LogP contribution in [0.4, 0.5) is 0 Å². The molecule has 1 atom stereocenters. The van der Waals surface area contributed by atoms with Gasteiger partial charge in [0, 0.05) is 18.0 Å². The minimum atomic E-state index is -0.763. The summed E-state index contributed by atoms with van der Waals surface area (Å²) in [5.74, 6) is 1.11. The van der Waals surface area contributed by atoms with E-state index in [1.807, 2.05) is 30.3 Å². The van der Waals surface area contributed by atoms with Gasteiger partial charge in [-0.25, -0.2) is 4.98 Å². The lowest BCUT2D eigenvalue weighted by molar-refractivity contribution is -0.137. The van der Waals surface area contributed by atoms with Crippen molar-refractivity contribution >= 4 is 5.97 Å². The van der Waals surface area contributed by atoms with Gasteiger partial charge in [-0.15, -0.1) is 0 Å². The molecule has 2 heterocycles. The molecule has 1 aliphatic heterocycles. The first kappa shape index (κ1) is 16.7. The Labute approximate surface area is 142 Å². The summed E-state index contributed by atoms with van der Waals surface area (Å²) in [6.45, 7) is 5.65. The van der Waals surface area contributed by atoms with Gasteiger partial charge < -0.3 is 9.52 Å². The third-order valence-electron chi connectivity index (χ3n) is 4.50. The minimum Gasteiger partial charge on any atom is -0.481 e. The van der Waals surface area contributed by atoms with Crippen LogP contribution in [0, 0.1) is 0 Å². The van der Waals surface area contributed by atoms with Crippen molar-refractivity contribution in [1.82, 2.24) is 9.88 Å². The molecule has 5 nitrogen and oxygen atoms in total. The predicted molar refractivity (Wildman–Crippen MR) is 91.8 cm³/mol. The summed E-state index contributed by atoms with van der Waals surface area (Å²) in [7, 11) is 0. The van der Waals surface area contributed by atoms with E-state index in [9.17, 15) is 4.79 Å². The normalized spacial score (nSPS) is 18.4. The number of hydrogen-bond donors (Lipinski definition) is 1. The maximum atomic E-state index is 10.9. The van der Waals surface area contributed by atoms with Gasteiger partial charge in [-0.1, -0.05) is 44.2 Å². The molecule has 1 aromatic carbocycles. The van der Waals surface area contributed by atoms with Gasteiger partial charge in [0.1, 0.15) is 11.5 Å². The molecule has 1 aliphatic rings. The van der Waals surface area contributed by atoms with Gasteiger partial charge in [0.25, 0.3) is 0 Å². The number of aliphatic carboxylic acids is 1. The summed E-state index contributed by atoms with van der Waals surface area (Å²) >= 11 is 0. The summed E-state index contributed by atoms with van der Waals surface area (Å²) in [5, 5.41) is 8.93. The second-order valence-electron chi connectivity index (χ2n) is 6.62. The van der Waals surface area contributed by atoms with Gasteiger partial charge in [-0.2, -0.15) is 0 Å². The Morgan fingerprint density at radius 2 is 2.12 bits per heavy atom. The molecule has 0 unspecified atom stereocenters. The van der Waals surface area contributed by atoms with Gasteiger partial charge in [0.2, 0.25) is 5.89 Å². The van der Waals surface area contributed by atoms with Crippen molar-refractivity contribution in [3.05, 3.63) is 42.0 Å². The van der Waals surface area contributed by atoms with Crippen molar-refractivity contribution in [3.63, 3.8) is 0 Å². The highest BCUT2D eigenvalue weighted by atomic mass is 16.4. The van der Waals surface area contributed by atoms with Gasteiger partial charge in [0.15, 0.2) is 0 Å². The number of aromatic nitrogens is 1. The number of nitrogens with zero attached hydrogens (tertiary/aromatic N) is 2. The Morgan fingerprint density at radius 1 is 1.38 bits per heavy atom. The van der Waals surface area contributed by atoms with Crippen LogP contribution in [0.5, 0.6) is 0 Å². The molecule has 1 saturated heterocycles. The van der Waals surface area contributed by atoms with Crippen LogP contribution in [0.1, 0.15) is 56.7 Å². The Kier molecular flexibility index (Phi) is 5.00. The topological polar surface area (TPSA) is 66.6 Å². The standard InChI is InChI=1S/C19H24N2O3/c1-13(2)18-17(14-7-4-3-5-8-14)20-19(24-18)15-9-6-11-21(15)12-10-16(22)23/h3-5,7-8,13,15H,6,9-12H2,1-2H3,(H,22,23)/t15-/m0/s1. The Hall–Kier alpha value is -2.14. The predicted octanol–water partition coefficient (Wildman–Crippen LogP) is 4.08. The van der Waals surface area contributed by atoms with Crippen LogP contribution in [0.3, 0.4) is 0 Å². The molecule has 0 amide bonds. The highest BCUT2D eigenvalue weighted by Crippen LogP contribution is 2.37. The van der Waals surface area contributed by atoms with Crippen LogP contribution < -0.4 is 0 Å². The Bertz CT molecular complexity index is 694. The number of likely N-dealkylation sites (tertiary alicyclic amines) is 1. The summed E-state index contributed by atoms with van der Waals surface area (Å²) in [4.78, 5) is 17.9. The van der Waals surface area contributed by atoms with Crippen molar-refractivity contribution < 1.29 is 14.3 Å². The first-order valence-electron chi connectivity index (χ1n) is 8.58. The summed E-state index contributed by atoms with van der Waals surface area (Å²) < 4.78 is 6.15. The van der Waals surface area contributed by atoms with Crippen LogP contribution in [0.15, 0.2) is 34.7 Å². The quantitative estimate of drug-likeness (QED) is 0.865. The van der Waals surface area contributed by atoms with Gasteiger partial charge >= 0.3 is 5.97 Å². The summed E-state index contributed by atoms with van der Waals surface area (Å²) in [6, 6.07) is 10.2. The van der Waals surface area contributed by atoms with E-state index < -0.39 is 5.97 Å². The summed E-state index contributed by atoms with van der Waals surface area (Å²) in [6.07, 6.45) is 2.16. The molecule has 1 aromatic heterocycles. The molecule has 0 spiro atoms. The number of carboxylic acids is 1. The van der Waals surface area contributed by atoms with E-state index in [-0.39, 0.29) is 18.4 Å². The van der Waals surface area contributed by atoms with Crippen LogP contribution in [-0.4, -0.2) is 34.0 Å². The molecular formula is C19H24N2O3. The zero-order valence-corrected chi connectivity index (χ0v) is 14.2. The van der Waals surface area contributed by atoms with E-state index in [2.05, 4.69) is 18.7 Å². The van der Waals surface area contributed by atoms with Gasteiger partial charge in [-0.3, -0.25) is 9.69 Å². The SMILES string of the molecule is CC(C)c1oc([C@@H]2CCCN2CCC(=O)O)nc1-c1ccccc1. The molecule has 1 fully saturated rings. The van der Waals surface area contributed by atoms with E-state index in [0.717, 1.165) is 42.3 Å². The molecule has 5 heteroatoms. The van der Waals surface area contributed by atoms with Gasteiger partial charge in [-0.05, 0) is 19.4 Å². The Balaban J connectivity index is 1.90. The van der Waals surface area contributed by atoms with E-state index >= 15 is 0 Å². The highest BCUT2D eigenvalue weighted by molar-refractivity contribution is 5.66. The fraction of sp³-hybridized carbons (Fsp3) is 0.474. The zero-order chi connectivity index (χ0) is 17.1. The number of carbonyl (C=O) groups is 1. The second-order valence-corrected chi connectivity index (χ2v) is 6.62. The third kappa shape index (κ3) is 3.51. The van der Waals surface area contributed by atoms with Crippen LogP contribution >= 0.6 is 0 Å². The van der Waals surface area contributed by atoms with Crippen molar-refractivity contribution in [1.29, 1.82) is 0 Å². The van der Waals surface area contributed by atoms with Crippen molar-refractivity contribution in [2.45, 2.75) is 45.1 Å².